The maximum absolute atomic E-state index is 4.33. The SMILES string of the molecule is CNCc1n[nH]c2c1CCSCC2. The minimum absolute atomic E-state index is 0.885. The number of nitrogens with zero attached hydrogens (tertiary/aromatic N) is 1. The molecule has 1 aliphatic heterocycles. The van der Waals surface area contributed by atoms with Crippen molar-refractivity contribution >= 4 is 11.8 Å². The van der Waals surface area contributed by atoms with E-state index in [1.807, 2.05) is 18.8 Å². The molecular weight excluding hydrogens is 182 g/mol. The van der Waals surface area contributed by atoms with Gasteiger partial charge in [0.25, 0.3) is 0 Å². The van der Waals surface area contributed by atoms with E-state index >= 15 is 0 Å². The van der Waals surface area contributed by atoms with E-state index in [2.05, 4.69) is 15.5 Å². The predicted molar refractivity (Wildman–Crippen MR) is 56.1 cm³/mol. The molecule has 0 atom stereocenters. The van der Waals surface area contributed by atoms with Gasteiger partial charge in [0.05, 0.1) is 5.69 Å². The van der Waals surface area contributed by atoms with Crippen LogP contribution >= 0.6 is 11.8 Å². The summed E-state index contributed by atoms with van der Waals surface area (Å²) in [5, 5.41) is 10.6. The number of thioether (sulfide) groups is 1. The molecule has 0 aliphatic carbocycles. The van der Waals surface area contributed by atoms with E-state index in [0.29, 0.717) is 0 Å². The lowest BCUT2D eigenvalue weighted by Crippen LogP contribution is -2.08. The number of rotatable bonds is 2. The summed E-state index contributed by atoms with van der Waals surface area (Å²) >= 11 is 2.04. The minimum atomic E-state index is 0.885. The zero-order valence-corrected chi connectivity index (χ0v) is 8.71. The number of H-pyrrole nitrogens is 1. The highest BCUT2D eigenvalue weighted by Gasteiger charge is 2.14. The largest absolute Gasteiger partial charge is 0.314 e. The van der Waals surface area contributed by atoms with E-state index < -0.39 is 0 Å². The Morgan fingerprint density at radius 1 is 1.46 bits per heavy atom. The van der Waals surface area contributed by atoms with Gasteiger partial charge in [0.1, 0.15) is 0 Å². The molecule has 2 rings (SSSR count). The van der Waals surface area contributed by atoms with Crippen LogP contribution in [0, 0.1) is 0 Å². The second-order valence-electron chi connectivity index (χ2n) is 3.27. The predicted octanol–water partition coefficient (Wildman–Crippen LogP) is 0.961. The van der Waals surface area contributed by atoms with Gasteiger partial charge in [-0.05, 0) is 37.0 Å². The van der Waals surface area contributed by atoms with Gasteiger partial charge in [0.15, 0.2) is 0 Å². The fourth-order valence-electron chi connectivity index (χ4n) is 1.71. The van der Waals surface area contributed by atoms with E-state index in [-0.39, 0.29) is 0 Å². The summed E-state index contributed by atoms with van der Waals surface area (Å²) in [6, 6.07) is 0. The van der Waals surface area contributed by atoms with Crippen LogP contribution in [0.1, 0.15) is 17.0 Å². The van der Waals surface area contributed by atoms with E-state index in [4.69, 9.17) is 0 Å². The fraction of sp³-hybridized carbons (Fsp3) is 0.667. The molecule has 2 heterocycles. The summed E-state index contributed by atoms with van der Waals surface area (Å²) < 4.78 is 0. The fourth-order valence-corrected chi connectivity index (χ4v) is 2.61. The quantitative estimate of drug-likeness (QED) is 0.742. The molecule has 0 saturated carbocycles. The van der Waals surface area contributed by atoms with Crippen molar-refractivity contribution in [2.45, 2.75) is 19.4 Å². The van der Waals surface area contributed by atoms with Gasteiger partial charge < -0.3 is 5.32 Å². The lowest BCUT2D eigenvalue weighted by molar-refractivity contribution is 0.775. The number of hydrogen-bond acceptors (Lipinski definition) is 3. The van der Waals surface area contributed by atoms with Gasteiger partial charge in [-0.1, -0.05) is 0 Å². The topological polar surface area (TPSA) is 40.7 Å². The van der Waals surface area contributed by atoms with E-state index in [1.165, 1.54) is 34.9 Å². The Kier molecular flexibility index (Phi) is 2.90. The molecule has 4 heteroatoms. The second-order valence-corrected chi connectivity index (χ2v) is 4.49. The molecule has 3 nitrogen and oxygen atoms in total. The Morgan fingerprint density at radius 2 is 2.31 bits per heavy atom. The third-order valence-corrected chi connectivity index (χ3v) is 3.36. The van der Waals surface area contributed by atoms with Crippen LogP contribution in [0.4, 0.5) is 0 Å². The van der Waals surface area contributed by atoms with E-state index in [9.17, 15) is 0 Å². The Hall–Kier alpha value is -0.480. The molecule has 1 aliphatic rings. The van der Waals surface area contributed by atoms with Crippen molar-refractivity contribution in [1.82, 2.24) is 15.5 Å². The number of aromatic amines is 1. The minimum Gasteiger partial charge on any atom is -0.314 e. The summed E-state index contributed by atoms with van der Waals surface area (Å²) in [6.07, 6.45) is 2.32. The summed E-state index contributed by atoms with van der Waals surface area (Å²) in [7, 11) is 1.96. The summed E-state index contributed by atoms with van der Waals surface area (Å²) in [4.78, 5) is 0. The van der Waals surface area contributed by atoms with E-state index in [0.717, 1.165) is 13.0 Å². The van der Waals surface area contributed by atoms with Crippen molar-refractivity contribution in [3.63, 3.8) is 0 Å². The highest BCUT2D eigenvalue weighted by Crippen LogP contribution is 2.20. The smallest absolute Gasteiger partial charge is 0.0794 e. The van der Waals surface area contributed by atoms with Gasteiger partial charge >= 0.3 is 0 Å². The van der Waals surface area contributed by atoms with Crippen LogP contribution in [0.5, 0.6) is 0 Å². The Labute approximate surface area is 82.7 Å². The summed E-state index contributed by atoms with van der Waals surface area (Å²) in [5.74, 6) is 2.47. The number of aryl methyl sites for hydroxylation is 1. The standard InChI is InChI=1S/C9H15N3S/c1-10-6-9-7-2-4-13-5-3-8(7)11-12-9/h10H,2-6H2,1H3,(H,11,12). The Morgan fingerprint density at radius 3 is 3.15 bits per heavy atom. The zero-order chi connectivity index (χ0) is 9.10. The number of hydrogen-bond donors (Lipinski definition) is 2. The third kappa shape index (κ3) is 1.89. The number of aromatic nitrogens is 2. The monoisotopic (exact) mass is 197 g/mol. The molecule has 0 radical (unpaired) electrons. The van der Waals surface area contributed by atoms with Gasteiger partial charge in [-0.3, -0.25) is 5.10 Å². The van der Waals surface area contributed by atoms with Gasteiger partial charge in [-0.2, -0.15) is 16.9 Å². The Balaban J connectivity index is 2.23. The summed E-state index contributed by atoms with van der Waals surface area (Å²) in [5.41, 5.74) is 4.02. The van der Waals surface area contributed by atoms with Crippen LogP contribution in [0.15, 0.2) is 0 Å². The van der Waals surface area contributed by atoms with Crippen LogP contribution in [0.2, 0.25) is 0 Å². The van der Waals surface area contributed by atoms with E-state index in [1.54, 1.807) is 0 Å². The zero-order valence-electron chi connectivity index (χ0n) is 7.89. The lowest BCUT2D eigenvalue weighted by atomic mass is 10.1. The van der Waals surface area contributed by atoms with Crippen molar-refractivity contribution in [2.24, 2.45) is 0 Å². The first-order chi connectivity index (χ1) is 6.42. The highest BCUT2D eigenvalue weighted by molar-refractivity contribution is 7.99. The van der Waals surface area contributed by atoms with Crippen molar-refractivity contribution in [1.29, 1.82) is 0 Å². The maximum Gasteiger partial charge on any atom is 0.0794 e. The molecule has 13 heavy (non-hydrogen) atoms. The summed E-state index contributed by atoms with van der Waals surface area (Å²) in [6.45, 7) is 0.885. The van der Waals surface area contributed by atoms with Crippen LogP contribution in [0.25, 0.3) is 0 Å². The molecule has 0 amide bonds. The van der Waals surface area contributed by atoms with Crippen molar-refractivity contribution in [2.75, 3.05) is 18.6 Å². The molecule has 0 unspecified atom stereocenters. The van der Waals surface area contributed by atoms with Crippen LogP contribution in [-0.4, -0.2) is 28.8 Å². The molecular formula is C9H15N3S. The normalized spacial score (nSPS) is 16.7. The molecule has 0 aromatic carbocycles. The van der Waals surface area contributed by atoms with Gasteiger partial charge in [-0.15, -0.1) is 0 Å². The molecule has 1 aromatic rings. The van der Waals surface area contributed by atoms with Gasteiger partial charge in [0, 0.05) is 12.2 Å². The molecule has 0 saturated heterocycles. The second kappa shape index (κ2) is 4.15. The van der Waals surface area contributed by atoms with Gasteiger partial charge in [-0.25, -0.2) is 0 Å². The molecule has 72 valence electrons. The molecule has 0 bridgehead atoms. The van der Waals surface area contributed by atoms with Crippen molar-refractivity contribution in [3.05, 3.63) is 17.0 Å². The first-order valence-corrected chi connectivity index (χ1v) is 5.84. The first-order valence-electron chi connectivity index (χ1n) is 4.69. The first kappa shape index (κ1) is 9.09. The number of nitrogens with one attached hydrogen (secondary N) is 2. The maximum atomic E-state index is 4.33. The molecule has 0 spiro atoms. The lowest BCUT2D eigenvalue weighted by Gasteiger charge is -1.99. The molecule has 0 fully saturated rings. The average molecular weight is 197 g/mol. The molecule has 2 N–H and O–H groups in total. The van der Waals surface area contributed by atoms with Crippen LogP contribution in [0.3, 0.4) is 0 Å². The van der Waals surface area contributed by atoms with Crippen molar-refractivity contribution in [3.8, 4) is 0 Å². The van der Waals surface area contributed by atoms with Crippen LogP contribution in [-0.2, 0) is 19.4 Å². The highest BCUT2D eigenvalue weighted by atomic mass is 32.2. The van der Waals surface area contributed by atoms with Gasteiger partial charge in [0.2, 0.25) is 0 Å². The van der Waals surface area contributed by atoms with Crippen LogP contribution < -0.4 is 5.32 Å². The number of fused-ring (bicyclic) bond motifs is 1. The Bertz CT molecular complexity index is 282. The average Bonchev–Trinajstić information content (AvgIpc) is 2.38. The van der Waals surface area contributed by atoms with Crippen molar-refractivity contribution < 1.29 is 0 Å². The third-order valence-electron chi connectivity index (χ3n) is 2.38. The molecule has 1 aromatic heterocycles.